The number of nitrogens with one attached hydrogen (secondary N) is 2. The lowest BCUT2D eigenvalue weighted by Gasteiger charge is -2.22. The first-order valence-electron chi connectivity index (χ1n) is 11.3. The molecule has 0 saturated heterocycles. The number of ether oxygens (including phenoxy) is 1. The van der Waals surface area contributed by atoms with Crippen molar-refractivity contribution in [1.29, 1.82) is 0 Å². The summed E-state index contributed by atoms with van der Waals surface area (Å²) in [5.74, 6) is 0.163. The zero-order valence-electron chi connectivity index (χ0n) is 19.2. The normalized spacial score (nSPS) is 18.0. The second kappa shape index (κ2) is 9.47. The van der Waals surface area contributed by atoms with E-state index < -0.39 is 5.60 Å². The van der Waals surface area contributed by atoms with Crippen LogP contribution in [0, 0.1) is 5.92 Å². The third kappa shape index (κ3) is 5.23. The van der Waals surface area contributed by atoms with E-state index in [0.29, 0.717) is 23.0 Å². The van der Waals surface area contributed by atoms with Crippen molar-refractivity contribution in [2.75, 3.05) is 5.32 Å². The first-order chi connectivity index (χ1) is 15.1. The predicted octanol–water partition coefficient (Wildman–Crippen LogP) is 6.85. The van der Waals surface area contributed by atoms with Crippen LogP contribution in [0.3, 0.4) is 0 Å². The first-order valence-corrected chi connectivity index (χ1v) is 13.8. The van der Waals surface area contributed by atoms with Crippen LogP contribution in [0.25, 0.3) is 0 Å². The van der Waals surface area contributed by atoms with E-state index in [2.05, 4.69) is 33.5 Å². The molecule has 5 nitrogen and oxygen atoms in total. The highest BCUT2D eigenvalue weighted by Gasteiger charge is 2.31. The Labute approximate surface area is 206 Å². The van der Waals surface area contributed by atoms with Crippen LogP contribution in [0.1, 0.15) is 83.8 Å². The van der Waals surface area contributed by atoms with Gasteiger partial charge in [0.15, 0.2) is 0 Å². The van der Waals surface area contributed by atoms with Gasteiger partial charge in [0, 0.05) is 16.3 Å². The molecule has 174 valence electrons. The molecule has 0 fully saturated rings. The third-order valence-corrected chi connectivity index (χ3v) is 9.29. The molecule has 8 heteroatoms. The van der Waals surface area contributed by atoms with Gasteiger partial charge in [-0.3, -0.25) is 5.32 Å². The molecule has 0 aromatic carbocycles. The zero-order valence-corrected chi connectivity index (χ0v) is 22.4. The number of aryl methyl sites for hydroxylation is 2. The van der Waals surface area contributed by atoms with Gasteiger partial charge in [-0.2, -0.15) is 0 Å². The Morgan fingerprint density at radius 1 is 1.09 bits per heavy atom. The van der Waals surface area contributed by atoms with Crippen molar-refractivity contribution in [2.24, 2.45) is 5.92 Å². The molecule has 0 bridgehead atoms. The SMILES string of the molecule is CC1CCc2sc(NC(=O)NCc3c(Br)sc4c3CCCC4)c(C(=O)OC(C)(C)C)c2C1. The van der Waals surface area contributed by atoms with Crippen molar-refractivity contribution in [3.8, 4) is 0 Å². The van der Waals surface area contributed by atoms with Crippen LogP contribution < -0.4 is 10.6 Å². The number of hydrogen-bond acceptors (Lipinski definition) is 5. The molecule has 2 N–H and O–H groups in total. The van der Waals surface area contributed by atoms with Gasteiger partial charge in [0.05, 0.1) is 9.35 Å². The van der Waals surface area contributed by atoms with E-state index >= 15 is 0 Å². The van der Waals surface area contributed by atoms with Gasteiger partial charge in [-0.05, 0) is 104 Å². The highest BCUT2D eigenvalue weighted by molar-refractivity contribution is 9.11. The molecule has 0 aliphatic heterocycles. The maximum absolute atomic E-state index is 13.1. The van der Waals surface area contributed by atoms with Crippen LogP contribution in [-0.4, -0.2) is 17.6 Å². The first kappa shape index (κ1) is 23.8. The number of halogens is 1. The minimum atomic E-state index is -0.587. The summed E-state index contributed by atoms with van der Waals surface area (Å²) < 4.78 is 6.80. The molecular formula is C24H31BrN2O3S2. The molecule has 0 spiro atoms. The summed E-state index contributed by atoms with van der Waals surface area (Å²) in [7, 11) is 0. The minimum absolute atomic E-state index is 0.288. The molecule has 2 amide bonds. The predicted molar refractivity (Wildman–Crippen MR) is 135 cm³/mol. The number of hydrogen-bond donors (Lipinski definition) is 2. The van der Waals surface area contributed by atoms with Gasteiger partial charge in [0.25, 0.3) is 0 Å². The zero-order chi connectivity index (χ0) is 23.0. The van der Waals surface area contributed by atoms with Crippen LogP contribution in [0.4, 0.5) is 9.80 Å². The highest BCUT2D eigenvalue weighted by atomic mass is 79.9. The Morgan fingerprint density at radius 3 is 2.56 bits per heavy atom. The molecule has 2 heterocycles. The second-order valence-electron chi connectivity index (χ2n) is 9.83. The number of urea groups is 1. The van der Waals surface area contributed by atoms with E-state index in [9.17, 15) is 9.59 Å². The molecule has 2 aromatic rings. The number of rotatable bonds is 4. The van der Waals surface area contributed by atoms with Crippen molar-refractivity contribution < 1.29 is 14.3 Å². The van der Waals surface area contributed by atoms with Gasteiger partial charge in [0.2, 0.25) is 0 Å². The largest absolute Gasteiger partial charge is 0.456 e. The Bertz CT molecular complexity index is 1040. The fourth-order valence-electron chi connectivity index (χ4n) is 4.48. The summed E-state index contributed by atoms with van der Waals surface area (Å²) in [5.41, 5.74) is 3.58. The van der Waals surface area contributed by atoms with Gasteiger partial charge in [-0.15, -0.1) is 22.7 Å². The van der Waals surface area contributed by atoms with Crippen molar-refractivity contribution in [2.45, 2.75) is 84.8 Å². The Hall–Kier alpha value is -1.38. The van der Waals surface area contributed by atoms with Crippen LogP contribution in [0.15, 0.2) is 3.79 Å². The van der Waals surface area contributed by atoms with E-state index in [1.54, 1.807) is 11.3 Å². The minimum Gasteiger partial charge on any atom is -0.456 e. The van der Waals surface area contributed by atoms with Crippen LogP contribution in [0.2, 0.25) is 0 Å². The quantitative estimate of drug-likeness (QED) is 0.418. The lowest BCUT2D eigenvalue weighted by Crippen LogP contribution is -2.30. The Balaban J connectivity index is 1.52. The Morgan fingerprint density at radius 2 is 1.81 bits per heavy atom. The van der Waals surface area contributed by atoms with Gasteiger partial charge in [-0.25, -0.2) is 9.59 Å². The Kier molecular flexibility index (Phi) is 7.03. The van der Waals surface area contributed by atoms with Gasteiger partial charge in [-0.1, -0.05) is 6.92 Å². The number of thiophene rings is 2. The van der Waals surface area contributed by atoms with E-state index in [1.807, 2.05) is 20.8 Å². The lowest BCUT2D eigenvalue weighted by molar-refractivity contribution is 0.00697. The number of esters is 1. The van der Waals surface area contributed by atoms with Crippen LogP contribution in [0.5, 0.6) is 0 Å². The van der Waals surface area contributed by atoms with Crippen molar-refractivity contribution in [1.82, 2.24) is 5.32 Å². The maximum atomic E-state index is 13.1. The molecular weight excluding hydrogens is 508 g/mol. The van der Waals surface area contributed by atoms with E-state index in [0.717, 1.165) is 41.5 Å². The summed E-state index contributed by atoms with van der Waals surface area (Å²) in [6.07, 6.45) is 7.53. The third-order valence-electron chi connectivity index (χ3n) is 5.99. The van der Waals surface area contributed by atoms with Crippen molar-refractivity contribution in [3.63, 3.8) is 0 Å². The number of carbonyl (C=O) groups excluding carboxylic acids is 2. The molecule has 4 rings (SSSR count). The van der Waals surface area contributed by atoms with Gasteiger partial charge < -0.3 is 10.1 Å². The highest BCUT2D eigenvalue weighted by Crippen LogP contribution is 2.41. The smallest absolute Gasteiger partial charge is 0.341 e. The summed E-state index contributed by atoms with van der Waals surface area (Å²) >= 11 is 6.99. The summed E-state index contributed by atoms with van der Waals surface area (Å²) in [5, 5.41) is 6.58. The van der Waals surface area contributed by atoms with E-state index in [-0.39, 0.29) is 12.0 Å². The summed E-state index contributed by atoms with van der Waals surface area (Å²) in [6, 6.07) is -0.288. The summed E-state index contributed by atoms with van der Waals surface area (Å²) in [6.45, 7) is 8.28. The van der Waals surface area contributed by atoms with Gasteiger partial charge >= 0.3 is 12.0 Å². The van der Waals surface area contributed by atoms with E-state index in [4.69, 9.17) is 4.74 Å². The average molecular weight is 540 g/mol. The standard InChI is InChI=1S/C24H31BrN2O3S2/c1-13-9-10-18-15(11-13)19(22(28)30-24(2,3)4)21(32-18)27-23(29)26-12-16-14-7-5-6-8-17(14)31-20(16)25/h13H,5-12H2,1-4H3,(H2,26,27,29). The van der Waals surface area contributed by atoms with Crippen molar-refractivity contribution in [3.05, 3.63) is 35.8 Å². The molecule has 1 unspecified atom stereocenters. The summed E-state index contributed by atoms with van der Waals surface area (Å²) in [4.78, 5) is 28.5. The van der Waals surface area contributed by atoms with Crippen LogP contribution in [-0.2, 0) is 37.0 Å². The fourth-order valence-corrected chi connectivity index (χ4v) is 7.80. The molecule has 32 heavy (non-hydrogen) atoms. The maximum Gasteiger partial charge on any atom is 0.341 e. The molecule has 0 radical (unpaired) electrons. The van der Waals surface area contributed by atoms with Crippen molar-refractivity contribution >= 4 is 55.6 Å². The van der Waals surface area contributed by atoms with E-state index in [1.165, 1.54) is 45.1 Å². The molecule has 1 atom stereocenters. The van der Waals surface area contributed by atoms with Gasteiger partial charge in [0.1, 0.15) is 10.6 Å². The molecule has 2 aliphatic carbocycles. The fraction of sp³-hybridized carbons (Fsp3) is 0.583. The second-order valence-corrected chi connectivity index (χ2v) is 13.4. The number of carbonyl (C=O) groups is 2. The van der Waals surface area contributed by atoms with Crippen LogP contribution >= 0.6 is 38.6 Å². The average Bonchev–Trinajstić information content (AvgIpc) is 3.20. The molecule has 2 aliphatic rings. The number of amides is 2. The topological polar surface area (TPSA) is 67.4 Å². The monoisotopic (exact) mass is 538 g/mol. The number of fused-ring (bicyclic) bond motifs is 2. The molecule has 0 saturated carbocycles. The number of anilines is 1. The molecule has 2 aromatic heterocycles. The lowest BCUT2D eigenvalue weighted by atomic mass is 9.88.